The summed E-state index contributed by atoms with van der Waals surface area (Å²) in [6.07, 6.45) is -3.64. The molecule has 0 heterocycles. The van der Waals surface area contributed by atoms with E-state index in [0.717, 1.165) is 17.2 Å². The Morgan fingerprint density at radius 3 is 2.40 bits per heavy atom. The molecule has 0 nitrogen and oxygen atoms in total. The van der Waals surface area contributed by atoms with Gasteiger partial charge in [0.2, 0.25) is 0 Å². The van der Waals surface area contributed by atoms with Gasteiger partial charge in [-0.1, -0.05) is 64.0 Å². The summed E-state index contributed by atoms with van der Waals surface area (Å²) >= 11 is 3.48. The van der Waals surface area contributed by atoms with E-state index in [-0.39, 0.29) is 4.83 Å². The lowest BCUT2D eigenvalue weighted by molar-refractivity contribution is -0.137. The van der Waals surface area contributed by atoms with Crippen LogP contribution in [0, 0.1) is 6.92 Å². The topological polar surface area (TPSA) is 0 Å². The Kier molecular flexibility index (Phi) is 4.53. The van der Waals surface area contributed by atoms with Crippen LogP contribution in [0.5, 0.6) is 0 Å². The molecule has 0 bridgehead atoms. The number of rotatable bonds is 3. The Bertz CT molecular complexity index is 590. The molecule has 0 aliphatic rings. The minimum Gasteiger partial charge on any atom is -0.166 e. The quantitative estimate of drug-likeness (QED) is 0.628. The molecule has 0 aliphatic carbocycles. The van der Waals surface area contributed by atoms with Crippen molar-refractivity contribution in [3.63, 3.8) is 0 Å². The highest BCUT2D eigenvalue weighted by atomic mass is 79.9. The fraction of sp³-hybridized carbons (Fsp3) is 0.250. The normalized spacial score (nSPS) is 13.2. The second-order valence-corrected chi connectivity index (χ2v) is 5.89. The Morgan fingerprint density at radius 1 is 1.05 bits per heavy atom. The lowest BCUT2D eigenvalue weighted by Gasteiger charge is -2.13. The fourth-order valence-electron chi connectivity index (χ4n) is 2.07. The van der Waals surface area contributed by atoms with Gasteiger partial charge in [-0.2, -0.15) is 13.2 Å². The van der Waals surface area contributed by atoms with Gasteiger partial charge in [0.15, 0.2) is 0 Å². The summed E-state index contributed by atoms with van der Waals surface area (Å²) in [5, 5.41) is 0. The van der Waals surface area contributed by atoms with E-state index in [2.05, 4.69) is 15.9 Å². The van der Waals surface area contributed by atoms with Gasteiger partial charge in [0.05, 0.1) is 5.56 Å². The molecule has 1 unspecified atom stereocenters. The Morgan fingerprint density at radius 2 is 1.75 bits per heavy atom. The molecule has 2 aromatic carbocycles. The van der Waals surface area contributed by atoms with Crippen molar-refractivity contribution in [1.82, 2.24) is 0 Å². The van der Waals surface area contributed by atoms with Crippen molar-refractivity contribution in [3.05, 3.63) is 70.8 Å². The predicted molar refractivity (Wildman–Crippen MR) is 78.0 cm³/mol. The first kappa shape index (κ1) is 15.1. The third-order valence-electron chi connectivity index (χ3n) is 3.07. The van der Waals surface area contributed by atoms with E-state index in [0.29, 0.717) is 12.0 Å². The van der Waals surface area contributed by atoms with Crippen LogP contribution in [0.25, 0.3) is 0 Å². The fourth-order valence-corrected chi connectivity index (χ4v) is 2.73. The molecule has 0 aromatic heterocycles. The molecule has 0 saturated heterocycles. The molecule has 2 aromatic rings. The molecule has 0 N–H and O–H groups in total. The predicted octanol–water partition coefficient (Wildman–Crippen LogP) is 5.69. The highest BCUT2D eigenvalue weighted by Crippen LogP contribution is 2.33. The van der Waals surface area contributed by atoms with Gasteiger partial charge in [0.25, 0.3) is 0 Å². The van der Waals surface area contributed by atoms with Crippen LogP contribution in [0.2, 0.25) is 0 Å². The van der Waals surface area contributed by atoms with Gasteiger partial charge in [-0.25, -0.2) is 0 Å². The van der Waals surface area contributed by atoms with Crippen LogP contribution in [-0.4, -0.2) is 0 Å². The minimum absolute atomic E-state index is 0.133. The minimum atomic E-state index is -4.30. The standard InChI is InChI=1S/C16H14BrF3/c1-11-4-2-5-12(8-11)9-15(17)13-6-3-7-14(10-13)16(18,19)20/h2-8,10,15H,9H2,1H3. The molecular weight excluding hydrogens is 329 g/mol. The maximum Gasteiger partial charge on any atom is 0.416 e. The van der Waals surface area contributed by atoms with Crippen molar-refractivity contribution in [1.29, 1.82) is 0 Å². The summed E-state index contributed by atoms with van der Waals surface area (Å²) in [4.78, 5) is -0.133. The second kappa shape index (κ2) is 6.00. The van der Waals surface area contributed by atoms with Gasteiger partial charge >= 0.3 is 6.18 Å². The maximum absolute atomic E-state index is 12.7. The monoisotopic (exact) mass is 342 g/mol. The average molecular weight is 343 g/mol. The number of halogens is 4. The zero-order valence-corrected chi connectivity index (χ0v) is 12.5. The number of hydrogen-bond acceptors (Lipinski definition) is 0. The molecular formula is C16H14BrF3. The maximum atomic E-state index is 12.7. The largest absolute Gasteiger partial charge is 0.416 e. The molecule has 106 valence electrons. The van der Waals surface area contributed by atoms with E-state index in [1.165, 1.54) is 12.1 Å². The first-order valence-corrected chi connectivity index (χ1v) is 7.14. The van der Waals surface area contributed by atoms with E-state index in [4.69, 9.17) is 0 Å². The summed E-state index contributed by atoms with van der Waals surface area (Å²) in [6.45, 7) is 2.00. The van der Waals surface area contributed by atoms with Gasteiger partial charge in [-0.15, -0.1) is 0 Å². The molecule has 0 amide bonds. The third-order valence-corrected chi connectivity index (χ3v) is 3.93. The molecule has 4 heteroatoms. The van der Waals surface area contributed by atoms with Crippen LogP contribution in [0.3, 0.4) is 0 Å². The zero-order chi connectivity index (χ0) is 14.8. The van der Waals surface area contributed by atoms with Crippen molar-refractivity contribution in [2.45, 2.75) is 24.3 Å². The van der Waals surface area contributed by atoms with E-state index >= 15 is 0 Å². The van der Waals surface area contributed by atoms with Crippen LogP contribution in [0.15, 0.2) is 48.5 Å². The van der Waals surface area contributed by atoms with Gasteiger partial charge in [0, 0.05) is 4.83 Å². The Balaban J connectivity index is 2.19. The van der Waals surface area contributed by atoms with Gasteiger partial charge in [-0.05, 0) is 30.5 Å². The van der Waals surface area contributed by atoms with Crippen LogP contribution < -0.4 is 0 Å². The molecule has 20 heavy (non-hydrogen) atoms. The van der Waals surface area contributed by atoms with E-state index in [1.807, 2.05) is 31.2 Å². The highest BCUT2D eigenvalue weighted by Gasteiger charge is 2.30. The van der Waals surface area contributed by atoms with Crippen molar-refractivity contribution >= 4 is 15.9 Å². The first-order chi connectivity index (χ1) is 9.36. The lowest BCUT2D eigenvalue weighted by Crippen LogP contribution is -2.06. The second-order valence-electron chi connectivity index (χ2n) is 4.78. The summed E-state index contributed by atoms with van der Waals surface area (Å²) in [5.74, 6) is 0. The van der Waals surface area contributed by atoms with Crippen LogP contribution in [0.1, 0.15) is 27.1 Å². The van der Waals surface area contributed by atoms with E-state index < -0.39 is 11.7 Å². The number of aryl methyl sites for hydroxylation is 1. The molecule has 1 atom stereocenters. The van der Waals surface area contributed by atoms with E-state index in [1.54, 1.807) is 6.07 Å². The van der Waals surface area contributed by atoms with Crippen LogP contribution >= 0.6 is 15.9 Å². The van der Waals surface area contributed by atoms with Gasteiger partial charge < -0.3 is 0 Å². The molecule has 0 fully saturated rings. The smallest absolute Gasteiger partial charge is 0.166 e. The molecule has 0 saturated carbocycles. The summed E-state index contributed by atoms with van der Waals surface area (Å²) in [7, 11) is 0. The van der Waals surface area contributed by atoms with Crippen molar-refractivity contribution < 1.29 is 13.2 Å². The van der Waals surface area contributed by atoms with Crippen molar-refractivity contribution in [3.8, 4) is 0 Å². The molecule has 0 radical (unpaired) electrons. The summed E-state index contributed by atoms with van der Waals surface area (Å²) in [5.41, 5.74) is 2.28. The molecule has 0 aliphatic heterocycles. The number of benzene rings is 2. The third kappa shape index (κ3) is 3.85. The van der Waals surface area contributed by atoms with Gasteiger partial charge in [-0.3, -0.25) is 0 Å². The van der Waals surface area contributed by atoms with Crippen molar-refractivity contribution in [2.24, 2.45) is 0 Å². The van der Waals surface area contributed by atoms with Gasteiger partial charge in [0.1, 0.15) is 0 Å². The SMILES string of the molecule is Cc1cccc(CC(Br)c2cccc(C(F)(F)F)c2)c1. The first-order valence-electron chi connectivity index (χ1n) is 6.23. The van der Waals surface area contributed by atoms with Crippen LogP contribution in [-0.2, 0) is 12.6 Å². The highest BCUT2D eigenvalue weighted by molar-refractivity contribution is 9.09. The van der Waals surface area contributed by atoms with E-state index in [9.17, 15) is 13.2 Å². The van der Waals surface area contributed by atoms with Crippen LogP contribution in [0.4, 0.5) is 13.2 Å². The average Bonchev–Trinajstić information content (AvgIpc) is 2.38. The number of alkyl halides is 4. The molecule has 0 spiro atoms. The lowest BCUT2D eigenvalue weighted by atomic mass is 10.0. The van der Waals surface area contributed by atoms with Crippen molar-refractivity contribution in [2.75, 3.05) is 0 Å². The summed E-state index contributed by atoms with van der Waals surface area (Å²) < 4.78 is 38.1. The molecule has 2 rings (SSSR count). The Hall–Kier alpha value is -1.29. The zero-order valence-electron chi connectivity index (χ0n) is 10.9. The summed E-state index contributed by atoms with van der Waals surface area (Å²) in [6, 6.07) is 13.4. The Labute approximate surface area is 124 Å². The number of hydrogen-bond donors (Lipinski definition) is 0.